The van der Waals surface area contributed by atoms with Gasteiger partial charge in [0.15, 0.2) is 5.16 Å². The molecule has 25 heavy (non-hydrogen) atoms. The number of fused-ring (bicyclic) bond motifs is 1. The van der Waals surface area contributed by atoms with Gasteiger partial charge < -0.3 is 10.3 Å². The van der Waals surface area contributed by atoms with E-state index < -0.39 is 4.92 Å². The third-order valence-electron chi connectivity index (χ3n) is 3.50. The number of carbonyl (C=O) groups is 1. The van der Waals surface area contributed by atoms with Gasteiger partial charge in [-0.15, -0.1) is 0 Å². The molecule has 0 spiro atoms. The summed E-state index contributed by atoms with van der Waals surface area (Å²) in [7, 11) is 0. The molecule has 1 aromatic heterocycles. The summed E-state index contributed by atoms with van der Waals surface area (Å²) in [5.74, 6) is 0.0518. The van der Waals surface area contributed by atoms with E-state index in [1.165, 1.54) is 23.9 Å². The summed E-state index contributed by atoms with van der Waals surface area (Å²) in [4.78, 5) is 29.8. The zero-order valence-corrected chi connectivity index (χ0v) is 14.5. The summed E-state index contributed by atoms with van der Waals surface area (Å²) in [6, 6.07) is 10.3. The first-order chi connectivity index (χ1) is 11.9. The molecule has 1 amide bonds. The second-order valence-corrected chi connectivity index (χ2v) is 6.68. The van der Waals surface area contributed by atoms with Crippen LogP contribution >= 0.6 is 11.8 Å². The molecular weight excluding hydrogens is 340 g/mol. The van der Waals surface area contributed by atoms with E-state index in [9.17, 15) is 14.9 Å². The van der Waals surface area contributed by atoms with Crippen molar-refractivity contribution in [3.63, 3.8) is 0 Å². The first-order valence-electron chi connectivity index (χ1n) is 7.56. The summed E-state index contributed by atoms with van der Waals surface area (Å²) in [5, 5.41) is 14.2. The number of nitro groups is 1. The fourth-order valence-corrected chi connectivity index (χ4v) is 3.22. The molecule has 7 nitrogen and oxygen atoms in total. The molecule has 0 aliphatic heterocycles. The van der Waals surface area contributed by atoms with E-state index in [2.05, 4.69) is 15.3 Å². The molecule has 0 radical (unpaired) electrons. The molecule has 0 bridgehead atoms. The molecular formula is C17H16N4O3S. The maximum absolute atomic E-state index is 12.1. The lowest BCUT2D eigenvalue weighted by atomic mass is 10.1. The van der Waals surface area contributed by atoms with E-state index in [1.54, 1.807) is 6.07 Å². The van der Waals surface area contributed by atoms with Crippen molar-refractivity contribution >= 4 is 40.1 Å². The minimum atomic E-state index is -0.454. The minimum Gasteiger partial charge on any atom is -0.333 e. The number of hydrogen-bond acceptors (Lipinski definition) is 5. The standard InChI is InChI=1S/C17H16N4O3S/c1-10-5-11(2)7-12(6-10)18-16(22)9-25-17-19-14-4-3-13(21(23)24)8-15(14)20-17/h3-8H,9H2,1-2H3,(H,18,22)(H,19,20). The van der Waals surface area contributed by atoms with E-state index >= 15 is 0 Å². The van der Waals surface area contributed by atoms with Crippen LogP contribution in [0, 0.1) is 24.0 Å². The van der Waals surface area contributed by atoms with Gasteiger partial charge in [-0.2, -0.15) is 0 Å². The molecule has 3 aromatic rings. The van der Waals surface area contributed by atoms with Gasteiger partial charge in [0.05, 0.1) is 21.7 Å². The number of hydrogen-bond donors (Lipinski definition) is 2. The van der Waals surface area contributed by atoms with E-state index in [4.69, 9.17) is 0 Å². The zero-order valence-electron chi connectivity index (χ0n) is 13.7. The molecule has 8 heteroatoms. The number of aromatic amines is 1. The van der Waals surface area contributed by atoms with Crippen LogP contribution in [-0.4, -0.2) is 26.6 Å². The number of nitrogens with one attached hydrogen (secondary N) is 2. The highest BCUT2D eigenvalue weighted by Gasteiger charge is 2.11. The Morgan fingerprint density at radius 2 is 1.96 bits per heavy atom. The van der Waals surface area contributed by atoms with Gasteiger partial charge in [-0.3, -0.25) is 14.9 Å². The van der Waals surface area contributed by atoms with Crippen LogP contribution in [0.1, 0.15) is 11.1 Å². The fraction of sp³-hybridized carbons (Fsp3) is 0.176. The second-order valence-electron chi connectivity index (χ2n) is 5.71. The Balaban J connectivity index is 1.65. The number of anilines is 1. The van der Waals surface area contributed by atoms with Gasteiger partial charge in [-0.1, -0.05) is 17.8 Å². The maximum Gasteiger partial charge on any atom is 0.271 e. The van der Waals surface area contributed by atoms with Crippen LogP contribution in [0.4, 0.5) is 11.4 Å². The zero-order chi connectivity index (χ0) is 18.0. The number of imidazole rings is 1. The van der Waals surface area contributed by atoms with Crippen LogP contribution in [0.2, 0.25) is 0 Å². The summed E-state index contributed by atoms with van der Waals surface area (Å²) in [6.07, 6.45) is 0. The predicted molar refractivity (Wildman–Crippen MR) is 98.0 cm³/mol. The molecule has 0 fully saturated rings. The number of nitrogens with zero attached hydrogens (tertiary/aromatic N) is 2. The average molecular weight is 356 g/mol. The molecule has 0 saturated heterocycles. The molecule has 0 atom stereocenters. The van der Waals surface area contributed by atoms with Crippen molar-refractivity contribution in [2.75, 3.05) is 11.1 Å². The summed E-state index contributed by atoms with van der Waals surface area (Å²) in [6.45, 7) is 3.95. The number of amides is 1. The van der Waals surface area contributed by atoms with Crippen LogP contribution in [-0.2, 0) is 4.79 Å². The molecule has 3 rings (SSSR count). The van der Waals surface area contributed by atoms with Crippen molar-refractivity contribution in [3.8, 4) is 0 Å². The van der Waals surface area contributed by atoms with E-state index in [0.717, 1.165) is 16.8 Å². The fourth-order valence-electron chi connectivity index (χ4n) is 2.53. The summed E-state index contributed by atoms with van der Waals surface area (Å²) < 4.78 is 0. The van der Waals surface area contributed by atoms with Crippen molar-refractivity contribution in [1.29, 1.82) is 0 Å². The van der Waals surface area contributed by atoms with Crippen molar-refractivity contribution < 1.29 is 9.72 Å². The number of aryl methyl sites for hydroxylation is 2. The van der Waals surface area contributed by atoms with Gasteiger partial charge in [0.25, 0.3) is 5.69 Å². The Labute approximate surface area is 148 Å². The lowest BCUT2D eigenvalue weighted by molar-refractivity contribution is -0.384. The molecule has 2 N–H and O–H groups in total. The van der Waals surface area contributed by atoms with E-state index in [-0.39, 0.29) is 17.3 Å². The molecule has 0 aliphatic carbocycles. The Morgan fingerprint density at radius 1 is 1.24 bits per heavy atom. The van der Waals surface area contributed by atoms with Gasteiger partial charge in [0.1, 0.15) is 0 Å². The van der Waals surface area contributed by atoms with Gasteiger partial charge in [-0.05, 0) is 43.2 Å². The third kappa shape index (κ3) is 4.16. The third-order valence-corrected chi connectivity index (χ3v) is 4.37. The van der Waals surface area contributed by atoms with Gasteiger partial charge in [0.2, 0.25) is 5.91 Å². The van der Waals surface area contributed by atoms with Crippen LogP contribution in [0.15, 0.2) is 41.6 Å². The molecule has 2 aromatic carbocycles. The lowest BCUT2D eigenvalue weighted by Crippen LogP contribution is -2.14. The number of carbonyl (C=O) groups excluding carboxylic acids is 1. The first kappa shape index (κ1) is 17.0. The summed E-state index contributed by atoms with van der Waals surface area (Å²) >= 11 is 1.25. The maximum atomic E-state index is 12.1. The Bertz CT molecular complexity index is 947. The molecule has 0 unspecified atom stereocenters. The number of nitro benzene ring substituents is 1. The van der Waals surface area contributed by atoms with Crippen LogP contribution in [0.25, 0.3) is 11.0 Å². The number of aromatic nitrogens is 2. The Hall–Kier alpha value is -2.87. The molecule has 1 heterocycles. The predicted octanol–water partition coefficient (Wildman–Crippen LogP) is 3.82. The average Bonchev–Trinajstić information content (AvgIpc) is 2.93. The Kier molecular flexibility index (Phi) is 4.71. The molecule has 128 valence electrons. The number of rotatable bonds is 5. The van der Waals surface area contributed by atoms with Crippen molar-refractivity contribution in [2.45, 2.75) is 19.0 Å². The Morgan fingerprint density at radius 3 is 2.64 bits per heavy atom. The van der Waals surface area contributed by atoms with Crippen molar-refractivity contribution in [3.05, 3.63) is 57.6 Å². The van der Waals surface area contributed by atoms with E-state index in [1.807, 2.05) is 32.0 Å². The monoisotopic (exact) mass is 356 g/mol. The minimum absolute atomic E-state index is 0.000241. The van der Waals surface area contributed by atoms with Gasteiger partial charge >= 0.3 is 0 Å². The number of non-ortho nitro benzene ring substituents is 1. The van der Waals surface area contributed by atoms with Gasteiger partial charge in [-0.25, -0.2) is 4.98 Å². The topological polar surface area (TPSA) is 101 Å². The highest BCUT2D eigenvalue weighted by molar-refractivity contribution is 7.99. The lowest BCUT2D eigenvalue weighted by Gasteiger charge is -2.06. The number of thioether (sulfide) groups is 1. The van der Waals surface area contributed by atoms with E-state index in [0.29, 0.717) is 16.2 Å². The smallest absolute Gasteiger partial charge is 0.271 e. The van der Waals surface area contributed by atoms with Crippen LogP contribution in [0.5, 0.6) is 0 Å². The highest BCUT2D eigenvalue weighted by atomic mass is 32.2. The van der Waals surface area contributed by atoms with Crippen molar-refractivity contribution in [2.24, 2.45) is 0 Å². The SMILES string of the molecule is Cc1cc(C)cc(NC(=O)CSc2nc3ccc([N+](=O)[O-])cc3[nH]2)c1. The molecule has 0 aliphatic rings. The van der Waals surface area contributed by atoms with Gasteiger partial charge in [0, 0.05) is 17.8 Å². The summed E-state index contributed by atoms with van der Waals surface area (Å²) in [5.41, 5.74) is 4.14. The second kappa shape index (κ2) is 6.94. The van der Waals surface area contributed by atoms with Crippen LogP contribution in [0.3, 0.4) is 0 Å². The van der Waals surface area contributed by atoms with Crippen LogP contribution < -0.4 is 5.32 Å². The quantitative estimate of drug-likeness (QED) is 0.411. The largest absolute Gasteiger partial charge is 0.333 e. The molecule has 0 saturated carbocycles. The van der Waals surface area contributed by atoms with Crippen molar-refractivity contribution in [1.82, 2.24) is 9.97 Å². The number of H-pyrrole nitrogens is 1. The first-order valence-corrected chi connectivity index (χ1v) is 8.54. The highest BCUT2D eigenvalue weighted by Crippen LogP contribution is 2.23. The normalized spacial score (nSPS) is 10.8. The number of benzene rings is 2.